The van der Waals surface area contributed by atoms with Crippen molar-refractivity contribution < 1.29 is 13.7 Å². The second kappa shape index (κ2) is 28.0. The lowest BCUT2D eigenvalue weighted by molar-refractivity contribution is 0.591. The van der Waals surface area contributed by atoms with Gasteiger partial charge >= 0.3 is 0 Å². The van der Waals surface area contributed by atoms with Crippen molar-refractivity contribution in [3.05, 3.63) is 382 Å². The van der Waals surface area contributed by atoms with Crippen molar-refractivity contribution in [1.82, 2.24) is 28.7 Å². The van der Waals surface area contributed by atoms with Crippen LogP contribution < -0.4 is 47.7 Å². The topological polar surface area (TPSA) is 105 Å². The highest BCUT2D eigenvalue weighted by Gasteiger charge is 2.39. The van der Waals surface area contributed by atoms with Crippen molar-refractivity contribution in [3.63, 3.8) is 0 Å². The van der Waals surface area contributed by atoms with Crippen LogP contribution in [-0.2, 0) is 13.7 Å². The Labute approximate surface area is 637 Å². The van der Waals surface area contributed by atoms with E-state index in [9.17, 15) is 0 Å². The van der Waals surface area contributed by atoms with Crippen LogP contribution in [0.3, 0.4) is 0 Å². The molecule has 9 nitrogen and oxygen atoms in total. The fourth-order valence-electron chi connectivity index (χ4n) is 15.1. The van der Waals surface area contributed by atoms with Gasteiger partial charge in [0.1, 0.15) is 23.0 Å². The van der Waals surface area contributed by atoms with Gasteiger partial charge < -0.3 is 13.7 Å². The van der Waals surface area contributed by atoms with Crippen LogP contribution in [0.1, 0.15) is 0 Å². The molecule has 0 fully saturated rings. The Kier molecular flexibility index (Phi) is 17.4. The van der Waals surface area contributed by atoms with Gasteiger partial charge in [-0.2, -0.15) is 0 Å². The maximum absolute atomic E-state index is 15.3. The second-order valence-corrected chi connectivity index (χ2v) is 37.8. The van der Waals surface area contributed by atoms with Crippen LogP contribution in [0, 0.1) is 0 Å². The van der Waals surface area contributed by atoms with E-state index in [0.717, 1.165) is 157 Å². The lowest BCUT2D eigenvalue weighted by atomic mass is 10.2. The Morgan fingerprint density at radius 2 is 0.556 bits per heavy atom. The molecule has 0 atom stereocenters. The molecule has 516 valence electrons. The third-order valence-electron chi connectivity index (χ3n) is 20.0. The van der Waals surface area contributed by atoms with Crippen LogP contribution in [-0.4, -0.2) is 28.7 Å². The fraction of sp³-hybridized carbons (Fsp3) is 0. The molecule has 0 amide bonds. The van der Waals surface area contributed by atoms with Gasteiger partial charge in [-0.25, -0.2) is 15.0 Å². The van der Waals surface area contributed by atoms with Gasteiger partial charge in [-0.15, -0.1) is 0 Å². The molecule has 0 radical (unpaired) electrons. The number of aromatic nitrogens is 6. The predicted molar refractivity (Wildman–Crippen MR) is 450 cm³/mol. The van der Waals surface area contributed by atoms with Crippen molar-refractivity contribution in [2.45, 2.75) is 29.4 Å². The molecule has 0 spiro atoms. The molecule has 3 aliphatic heterocycles. The van der Waals surface area contributed by atoms with Gasteiger partial charge in [-0.1, -0.05) is 345 Å². The second-order valence-electron chi connectivity index (χ2n) is 26.3. The van der Waals surface area contributed by atoms with Crippen molar-refractivity contribution in [2.24, 2.45) is 0 Å². The largest absolute Gasteiger partial charge is 0.309 e. The zero-order chi connectivity index (χ0) is 72.3. The third-order valence-corrected chi connectivity index (χ3v) is 32.8. The van der Waals surface area contributed by atoms with E-state index in [1.54, 1.807) is 35.3 Å². The van der Waals surface area contributed by atoms with E-state index in [-0.39, 0.29) is 0 Å². The maximum Gasteiger partial charge on any atom is 0.173 e. The number of fused-ring (bicyclic) bond motifs is 6. The van der Waals surface area contributed by atoms with Crippen LogP contribution in [0.4, 0.5) is 0 Å². The molecule has 0 N–H and O–H groups in total. The maximum atomic E-state index is 15.3. The van der Waals surface area contributed by atoms with E-state index in [4.69, 9.17) is 15.0 Å². The summed E-state index contributed by atoms with van der Waals surface area (Å²) in [5, 5.41) is 7.37. The van der Waals surface area contributed by atoms with E-state index in [0.29, 0.717) is 0 Å². The van der Waals surface area contributed by atoms with Crippen molar-refractivity contribution >= 4 is 138 Å². The van der Waals surface area contributed by atoms with Gasteiger partial charge in [0.05, 0.1) is 49.5 Å². The Morgan fingerprint density at radius 3 is 0.991 bits per heavy atom. The third kappa shape index (κ3) is 11.4. The normalized spacial score (nSPS) is 12.4. The van der Waals surface area contributed by atoms with Crippen LogP contribution in [0.2, 0.25) is 0 Å². The molecule has 0 aliphatic carbocycles. The number of hydrogen-bond acceptors (Lipinski definition) is 9. The monoisotopic (exact) mass is 1500 g/mol. The summed E-state index contributed by atoms with van der Waals surface area (Å²) in [7, 11) is -9.47. The molecule has 15 aromatic carbocycles. The molecule has 3 aromatic heterocycles. The molecular formula is C93H63N6O3P3S3. The molecule has 6 heterocycles. The average Bonchev–Trinajstić information content (AvgIpc) is 1.48. The number of rotatable bonds is 12. The minimum atomic E-state index is -3.20. The number of nitrogens with zero attached hydrogens (tertiary/aromatic N) is 6. The summed E-state index contributed by atoms with van der Waals surface area (Å²) in [4.78, 5) is 22.1. The standard InChI is InChI=1S/3C31H21N2OPS/c34-35(23-14-6-2-7-15-23,24-16-8-3-9-17-24)25-20-26-30-29(21-25)36-28-19-11-10-18-27(28)33(30)31(32-26)22-12-4-1-5-13-22;34-35(23-14-6-2-7-15-23,24-16-8-3-9-17-24)27-21-20-25-29-30(27)36-28-19-11-10-18-26(28)33(29)31(32-25)22-12-4-1-5-13-22;34-35(23-14-6-2-7-15-23,24-16-8-3-9-17-24)26-20-21-28-30-29(26)32-31(22-12-4-1-5-13-22)33(30)25-18-10-11-19-27(25)36-28/h3*1-21H. The number of para-hydroxylation sites is 3. The van der Waals surface area contributed by atoms with Crippen molar-refractivity contribution in [2.75, 3.05) is 0 Å². The van der Waals surface area contributed by atoms with E-state index < -0.39 is 21.4 Å². The molecule has 0 bridgehead atoms. The van der Waals surface area contributed by atoms with Gasteiger partial charge in [-0.3, -0.25) is 13.7 Å². The molecule has 15 heteroatoms. The highest BCUT2D eigenvalue weighted by atomic mass is 32.2. The molecule has 21 rings (SSSR count). The van der Waals surface area contributed by atoms with E-state index >= 15 is 13.7 Å². The zero-order valence-corrected chi connectivity index (χ0v) is 63.0. The Bertz CT molecular complexity index is 6430. The van der Waals surface area contributed by atoms with Gasteiger partial charge in [0, 0.05) is 88.9 Å². The minimum absolute atomic E-state index is 0.773. The van der Waals surface area contributed by atoms with E-state index in [1.807, 2.05) is 261 Å². The van der Waals surface area contributed by atoms with Crippen LogP contribution in [0.5, 0.6) is 0 Å². The Morgan fingerprint density at radius 1 is 0.231 bits per heavy atom. The summed E-state index contributed by atoms with van der Waals surface area (Å²) in [5.74, 6) is 2.65. The smallest absolute Gasteiger partial charge is 0.173 e. The predicted octanol–water partition coefficient (Wildman–Crippen LogP) is 20.4. The van der Waals surface area contributed by atoms with E-state index in [2.05, 4.69) is 135 Å². The zero-order valence-electron chi connectivity index (χ0n) is 57.8. The van der Waals surface area contributed by atoms with Crippen molar-refractivity contribution in [3.8, 4) is 51.2 Å². The van der Waals surface area contributed by atoms with Crippen LogP contribution >= 0.6 is 56.7 Å². The first-order valence-corrected chi connectivity index (χ1v) is 43.1. The Hall–Kier alpha value is -11.6. The fourth-order valence-corrected chi connectivity index (χ4v) is 27.2. The highest BCUT2D eigenvalue weighted by Crippen LogP contribution is 2.54. The van der Waals surface area contributed by atoms with Gasteiger partial charge in [-0.05, 0) is 72.8 Å². The van der Waals surface area contributed by atoms with Gasteiger partial charge in [0.25, 0.3) is 0 Å². The Balaban J connectivity index is 0.000000110. The lowest BCUT2D eigenvalue weighted by Crippen LogP contribution is -2.27. The van der Waals surface area contributed by atoms with Gasteiger partial charge in [0.15, 0.2) is 21.4 Å². The molecule has 0 saturated carbocycles. The van der Waals surface area contributed by atoms with Gasteiger partial charge in [0.2, 0.25) is 0 Å². The van der Waals surface area contributed by atoms with E-state index in [1.165, 1.54) is 4.90 Å². The molecule has 0 saturated heterocycles. The van der Waals surface area contributed by atoms with Crippen molar-refractivity contribution in [1.29, 1.82) is 0 Å². The summed E-state index contributed by atoms with van der Waals surface area (Å²) >= 11 is 5.16. The number of benzene rings is 15. The molecule has 108 heavy (non-hydrogen) atoms. The molecule has 18 aromatic rings. The SMILES string of the molecule is O=P(c1ccccc1)(c1ccccc1)c1cc2c3c(c1)nc(-c1ccccc1)n3-c1ccccc1S2.O=P(c1ccccc1)(c1ccccc1)c1ccc2c3c1nc(-c1ccccc1)n3-c1ccccc1S2.O=P(c1ccccc1)(c1ccccc1)c1ccc2nc(-c3ccccc3)n3c2c1Sc1ccccc1-3. The number of imidazole rings is 3. The summed E-state index contributed by atoms with van der Waals surface area (Å²) in [6, 6.07) is 127. The first-order chi connectivity index (χ1) is 53.2. The molecule has 0 unspecified atom stereocenters. The summed E-state index contributed by atoms with van der Waals surface area (Å²) in [6.07, 6.45) is 0. The summed E-state index contributed by atoms with van der Waals surface area (Å²) < 4.78 is 52.5. The van der Waals surface area contributed by atoms with Crippen LogP contribution in [0.25, 0.3) is 84.3 Å². The summed E-state index contributed by atoms with van der Waals surface area (Å²) in [5.41, 5.74) is 12.1. The average molecular weight is 1500 g/mol. The quantitative estimate of drug-likeness (QED) is 0.111. The minimum Gasteiger partial charge on any atom is -0.309 e. The number of hydrogen-bond donors (Lipinski definition) is 0. The summed E-state index contributed by atoms with van der Waals surface area (Å²) in [6.45, 7) is 0. The molecule has 3 aliphatic rings. The first-order valence-electron chi connectivity index (χ1n) is 35.5. The first kappa shape index (κ1) is 67.1. The van der Waals surface area contributed by atoms with Crippen LogP contribution in [0.15, 0.2) is 412 Å². The molecular weight excluding hydrogens is 1440 g/mol. The highest BCUT2D eigenvalue weighted by molar-refractivity contribution is 8.01. The lowest BCUT2D eigenvalue weighted by Gasteiger charge is -2.26.